The Morgan fingerprint density at radius 2 is 0.595 bits per heavy atom. The highest BCUT2D eigenvalue weighted by Crippen LogP contribution is 2.14. The van der Waals surface area contributed by atoms with E-state index in [4.69, 9.17) is 5.11 Å². The molecule has 0 aromatic heterocycles. The van der Waals surface area contributed by atoms with Crippen LogP contribution in [0.3, 0.4) is 0 Å². The molecule has 1 heteroatoms. The van der Waals surface area contributed by atoms with Crippen LogP contribution in [0.4, 0.5) is 0 Å². The fourth-order valence-corrected chi connectivity index (χ4v) is 4.98. The molecule has 218 valence electrons. The van der Waals surface area contributed by atoms with Gasteiger partial charge in [-0.15, -0.1) is 0 Å². The fraction of sp³-hybridized carbons (Fsp3) is 0.833. The van der Waals surface area contributed by atoms with Gasteiger partial charge >= 0.3 is 0 Å². The van der Waals surface area contributed by atoms with E-state index >= 15 is 0 Å². The molecule has 0 radical (unpaired) electrons. The van der Waals surface area contributed by atoms with E-state index in [9.17, 15) is 0 Å². The van der Waals surface area contributed by atoms with Gasteiger partial charge in [-0.1, -0.05) is 159 Å². The summed E-state index contributed by atoms with van der Waals surface area (Å²) in [4.78, 5) is 0. The van der Waals surface area contributed by atoms with Crippen molar-refractivity contribution in [2.75, 3.05) is 6.61 Å². The van der Waals surface area contributed by atoms with Crippen LogP contribution in [0.5, 0.6) is 0 Å². The maximum Gasteiger partial charge on any atom is 0.0431 e. The van der Waals surface area contributed by atoms with Gasteiger partial charge in [0, 0.05) is 6.61 Å². The number of hydrogen-bond acceptors (Lipinski definition) is 1. The molecule has 0 spiro atoms. The molecular weight excluding hydrogens is 448 g/mol. The molecule has 0 atom stereocenters. The van der Waals surface area contributed by atoms with Crippen molar-refractivity contribution in [3.8, 4) is 0 Å². The van der Waals surface area contributed by atoms with E-state index < -0.39 is 0 Å². The molecule has 1 nitrogen and oxygen atoms in total. The standard InChI is InChI=1S/C36H68O/c1-2-3-4-5-6-7-8-9-10-11-12-13-14-15-16-17-18-19-20-21-22-23-24-25-26-27-28-29-30-31-32-33-34-35-36-37/h17-18,24-25,27-28,37H,2-16,19-23,26,29-36H2,1H3/b18-17?,25-24-,28-27+. The van der Waals surface area contributed by atoms with Gasteiger partial charge in [0.15, 0.2) is 0 Å². The zero-order valence-electron chi connectivity index (χ0n) is 25.4. The number of hydrogen-bond donors (Lipinski definition) is 1. The summed E-state index contributed by atoms with van der Waals surface area (Å²) >= 11 is 0. The molecular formula is C36H68O. The summed E-state index contributed by atoms with van der Waals surface area (Å²) in [6.45, 7) is 2.65. The third-order valence-corrected chi connectivity index (χ3v) is 7.52. The van der Waals surface area contributed by atoms with Crippen LogP contribution in [0.25, 0.3) is 0 Å². The average molecular weight is 517 g/mol. The van der Waals surface area contributed by atoms with Gasteiger partial charge in [-0.2, -0.15) is 0 Å². The molecule has 0 aromatic carbocycles. The Morgan fingerprint density at radius 1 is 0.324 bits per heavy atom. The van der Waals surface area contributed by atoms with Gasteiger partial charge in [0.25, 0.3) is 0 Å². The van der Waals surface area contributed by atoms with Crippen LogP contribution in [0.15, 0.2) is 36.5 Å². The summed E-state index contributed by atoms with van der Waals surface area (Å²) in [5.74, 6) is 0. The third-order valence-electron chi connectivity index (χ3n) is 7.52. The van der Waals surface area contributed by atoms with Crippen LogP contribution in [-0.4, -0.2) is 11.7 Å². The maximum absolute atomic E-state index is 8.76. The Labute approximate surface area is 234 Å². The second-order valence-corrected chi connectivity index (χ2v) is 11.3. The normalized spacial score (nSPS) is 12.2. The third kappa shape index (κ3) is 35.2. The largest absolute Gasteiger partial charge is 0.396 e. The minimum absolute atomic E-state index is 0.354. The predicted octanol–water partition coefficient (Wildman–Crippen LogP) is 12.6. The lowest BCUT2D eigenvalue weighted by atomic mass is 10.0. The van der Waals surface area contributed by atoms with E-state index in [2.05, 4.69) is 43.4 Å². The molecule has 0 rings (SSSR count). The molecule has 0 aliphatic rings. The van der Waals surface area contributed by atoms with E-state index in [0.717, 1.165) is 12.8 Å². The molecule has 0 unspecified atom stereocenters. The zero-order valence-corrected chi connectivity index (χ0v) is 25.4. The van der Waals surface area contributed by atoms with Gasteiger partial charge in [0.1, 0.15) is 0 Å². The summed E-state index contributed by atoms with van der Waals surface area (Å²) in [6.07, 6.45) is 52.1. The minimum atomic E-state index is 0.354. The maximum atomic E-state index is 8.76. The summed E-state index contributed by atoms with van der Waals surface area (Å²) in [5.41, 5.74) is 0. The van der Waals surface area contributed by atoms with Gasteiger partial charge < -0.3 is 5.11 Å². The number of rotatable bonds is 31. The quantitative estimate of drug-likeness (QED) is 0.0717. The van der Waals surface area contributed by atoms with Gasteiger partial charge in [-0.25, -0.2) is 0 Å². The molecule has 0 heterocycles. The van der Waals surface area contributed by atoms with E-state index in [1.54, 1.807) is 0 Å². The molecule has 0 aliphatic carbocycles. The van der Waals surface area contributed by atoms with Crippen molar-refractivity contribution in [3.05, 3.63) is 36.5 Å². The number of aliphatic hydroxyl groups excluding tert-OH is 1. The van der Waals surface area contributed by atoms with E-state index in [-0.39, 0.29) is 0 Å². The summed E-state index contributed by atoms with van der Waals surface area (Å²) in [6, 6.07) is 0. The smallest absolute Gasteiger partial charge is 0.0431 e. The predicted molar refractivity (Wildman–Crippen MR) is 169 cm³/mol. The highest BCUT2D eigenvalue weighted by Gasteiger charge is 1.94. The molecule has 0 saturated heterocycles. The van der Waals surface area contributed by atoms with Crippen molar-refractivity contribution in [3.63, 3.8) is 0 Å². The monoisotopic (exact) mass is 517 g/mol. The molecule has 0 bridgehead atoms. The molecule has 0 amide bonds. The topological polar surface area (TPSA) is 20.2 Å². The first-order valence-corrected chi connectivity index (χ1v) is 17.0. The Bertz CT molecular complexity index is 475. The summed E-state index contributed by atoms with van der Waals surface area (Å²) in [5, 5.41) is 8.76. The lowest BCUT2D eigenvalue weighted by molar-refractivity contribution is 0.282. The Hall–Kier alpha value is -0.820. The highest BCUT2D eigenvalue weighted by atomic mass is 16.2. The van der Waals surface area contributed by atoms with Crippen LogP contribution < -0.4 is 0 Å². The Kier molecular flexibility index (Phi) is 34.4. The molecule has 0 fully saturated rings. The summed E-state index contributed by atoms with van der Waals surface area (Å²) < 4.78 is 0. The minimum Gasteiger partial charge on any atom is -0.396 e. The van der Waals surface area contributed by atoms with Crippen LogP contribution in [0.1, 0.15) is 187 Å². The molecule has 1 N–H and O–H groups in total. The Balaban J connectivity index is 3.19. The van der Waals surface area contributed by atoms with E-state index in [1.165, 1.54) is 167 Å². The van der Waals surface area contributed by atoms with E-state index in [0.29, 0.717) is 6.61 Å². The number of allylic oxidation sites excluding steroid dienone is 6. The highest BCUT2D eigenvalue weighted by molar-refractivity contribution is 4.92. The van der Waals surface area contributed by atoms with Gasteiger partial charge in [0.2, 0.25) is 0 Å². The van der Waals surface area contributed by atoms with Crippen LogP contribution >= 0.6 is 0 Å². The van der Waals surface area contributed by atoms with Crippen molar-refractivity contribution in [1.29, 1.82) is 0 Å². The number of aliphatic hydroxyl groups is 1. The first-order chi connectivity index (χ1) is 18.4. The molecule has 37 heavy (non-hydrogen) atoms. The lowest BCUT2D eigenvalue weighted by Gasteiger charge is -2.02. The number of unbranched alkanes of at least 4 members (excludes halogenated alkanes) is 24. The van der Waals surface area contributed by atoms with Crippen molar-refractivity contribution >= 4 is 0 Å². The van der Waals surface area contributed by atoms with Crippen molar-refractivity contribution < 1.29 is 5.11 Å². The van der Waals surface area contributed by atoms with Crippen LogP contribution in [0, 0.1) is 0 Å². The zero-order chi connectivity index (χ0) is 26.7. The lowest BCUT2D eigenvalue weighted by Crippen LogP contribution is -1.83. The fourth-order valence-electron chi connectivity index (χ4n) is 4.98. The second kappa shape index (κ2) is 35.2. The van der Waals surface area contributed by atoms with Crippen LogP contribution in [-0.2, 0) is 0 Å². The van der Waals surface area contributed by atoms with Crippen molar-refractivity contribution in [1.82, 2.24) is 0 Å². The Morgan fingerprint density at radius 3 is 0.946 bits per heavy atom. The van der Waals surface area contributed by atoms with Crippen LogP contribution in [0.2, 0.25) is 0 Å². The van der Waals surface area contributed by atoms with Gasteiger partial charge in [-0.3, -0.25) is 0 Å². The SMILES string of the molecule is CCCCCCCCCCCCCCCCC=CCCCCC/C=C\C/C=C/CCCCCCCCO. The van der Waals surface area contributed by atoms with E-state index in [1.807, 2.05) is 0 Å². The first-order valence-electron chi connectivity index (χ1n) is 17.0. The van der Waals surface area contributed by atoms with Crippen molar-refractivity contribution in [2.24, 2.45) is 0 Å². The first kappa shape index (κ1) is 36.2. The molecule has 0 aliphatic heterocycles. The van der Waals surface area contributed by atoms with Gasteiger partial charge in [0.05, 0.1) is 0 Å². The molecule has 0 saturated carbocycles. The second-order valence-electron chi connectivity index (χ2n) is 11.3. The summed E-state index contributed by atoms with van der Waals surface area (Å²) in [7, 11) is 0. The molecule has 0 aromatic rings. The van der Waals surface area contributed by atoms with Gasteiger partial charge in [-0.05, 0) is 64.2 Å². The average Bonchev–Trinajstić information content (AvgIpc) is 2.91. The van der Waals surface area contributed by atoms with Crippen molar-refractivity contribution in [2.45, 2.75) is 187 Å².